The van der Waals surface area contributed by atoms with E-state index in [1.165, 1.54) is 154 Å². The Hall–Kier alpha value is -5.06. The van der Waals surface area contributed by atoms with Crippen LogP contribution in [0.2, 0.25) is 0 Å². The molecule has 0 saturated carbocycles. The van der Waals surface area contributed by atoms with Gasteiger partial charge in [0, 0.05) is 43.2 Å². The Morgan fingerprint density at radius 2 is 0.907 bits per heavy atom. The maximum atomic E-state index is 2.83. The highest BCUT2D eigenvalue weighted by molar-refractivity contribution is 7.33. The Kier molecular flexibility index (Phi) is 10.8. The second-order valence-electron chi connectivity index (χ2n) is 30.3. The van der Waals surface area contributed by atoms with Crippen molar-refractivity contribution in [2.45, 2.75) is 213 Å². The van der Waals surface area contributed by atoms with E-state index < -0.39 is 0 Å². The SMILES string of the molecule is Cc1cc2c(cc1N1c3cc(C(C)(C)C)cc4c3B(c3cc5c(cc3N4c3ccc(C(C)(C)C)cc3-c3ccccc3)C(C)(C)CCC5(C)C)c3sc4cc5c(cc4c31)C(C)(C)CCC5(C)C)C(C)(C)CCC2(C)C. The molecule has 4 heteroatoms. The van der Waals surface area contributed by atoms with E-state index in [0.717, 1.165) is 0 Å². The highest BCUT2D eigenvalue weighted by Crippen LogP contribution is 2.57. The molecule has 5 aliphatic rings. The lowest BCUT2D eigenvalue weighted by Crippen LogP contribution is -2.61. The number of rotatable bonds is 3. The van der Waals surface area contributed by atoms with Gasteiger partial charge in [0.05, 0.1) is 11.4 Å². The van der Waals surface area contributed by atoms with Gasteiger partial charge in [-0.25, -0.2) is 0 Å². The molecule has 6 aromatic carbocycles. The van der Waals surface area contributed by atoms with Crippen LogP contribution in [-0.4, -0.2) is 6.71 Å². The van der Waals surface area contributed by atoms with Crippen LogP contribution >= 0.6 is 11.3 Å². The zero-order chi connectivity index (χ0) is 53.7. The van der Waals surface area contributed by atoms with Crippen LogP contribution in [0.1, 0.15) is 213 Å². The predicted octanol–water partition coefficient (Wildman–Crippen LogP) is 18.6. The van der Waals surface area contributed by atoms with Crippen LogP contribution in [-0.2, 0) is 43.3 Å². The molecule has 0 N–H and O–H groups in total. The Bertz CT molecular complexity index is 3540. The second-order valence-corrected chi connectivity index (χ2v) is 31.4. The quantitative estimate of drug-likeness (QED) is 0.163. The zero-order valence-electron chi connectivity index (χ0n) is 49.4. The van der Waals surface area contributed by atoms with E-state index in [0.29, 0.717) is 0 Å². The Morgan fingerprint density at radius 1 is 0.440 bits per heavy atom. The number of aryl methyl sites for hydroxylation is 1. The molecule has 0 amide bonds. The van der Waals surface area contributed by atoms with E-state index >= 15 is 0 Å². The maximum Gasteiger partial charge on any atom is 0.264 e. The lowest BCUT2D eigenvalue weighted by atomic mass is 9.35. The minimum Gasteiger partial charge on any atom is -0.311 e. The van der Waals surface area contributed by atoms with Gasteiger partial charge >= 0.3 is 0 Å². The average Bonchev–Trinajstić information content (AvgIpc) is 3.78. The molecule has 7 aromatic rings. The Morgan fingerprint density at radius 3 is 1.44 bits per heavy atom. The monoisotopic (exact) mass is 1010 g/mol. The summed E-state index contributed by atoms with van der Waals surface area (Å²) >= 11 is 2.10. The summed E-state index contributed by atoms with van der Waals surface area (Å²) in [5, 5.41) is 1.41. The molecular formula is C71H85BN2S. The van der Waals surface area contributed by atoms with Gasteiger partial charge in [-0.2, -0.15) is 0 Å². The molecule has 1 aromatic heterocycles. The molecule has 3 aliphatic carbocycles. The summed E-state index contributed by atoms with van der Waals surface area (Å²) in [5.41, 5.74) is 26.8. The molecule has 12 rings (SSSR count). The van der Waals surface area contributed by atoms with Crippen molar-refractivity contribution < 1.29 is 0 Å². The summed E-state index contributed by atoms with van der Waals surface area (Å²) in [6, 6.07) is 40.1. The summed E-state index contributed by atoms with van der Waals surface area (Å²) in [5.74, 6) is 0. The first-order chi connectivity index (χ1) is 34.8. The fourth-order valence-electron chi connectivity index (χ4n) is 14.5. The number of benzene rings is 6. The summed E-state index contributed by atoms with van der Waals surface area (Å²) < 4.78 is 2.90. The van der Waals surface area contributed by atoms with Crippen molar-refractivity contribution in [1.82, 2.24) is 0 Å². The molecule has 2 aliphatic heterocycles. The third-order valence-corrected chi connectivity index (χ3v) is 21.3. The number of nitrogens with zero attached hydrogens (tertiary/aromatic N) is 2. The summed E-state index contributed by atoms with van der Waals surface area (Å²) in [7, 11) is 0. The number of fused-ring (bicyclic) bond motifs is 9. The highest BCUT2D eigenvalue weighted by atomic mass is 32.1. The smallest absolute Gasteiger partial charge is 0.264 e. The van der Waals surface area contributed by atoms with Crippen molar-refractivity contribution in [3.05, 3.63) is 147 Å². The minimum atomic E-state index is -0.137. The van der Waals surface area contributed by atoms with Gasteiger partial charge in [0.15, 0.2) is 0 Å². The van der Waals surface area contributed by atoms with Crippen molar-refractivity contribution in [3.8, 4) is 11.1 Å². The Labute approximate surface area is 456 Å². The fourth-order valence-corrected chi connectivity index (χ4v) is 15.9. The number of thiophene rings is 1. The molecule has 388 valence electrons. The standard InChI is InChI=1S/C71H85BN2S/c1-42-33-48-51(69(14,15)30-27-66(48,8)9)39-56(42)74-59-36-45(65(5,6)7)35-58-61(59)72(63-62(74)47-37-49-53(41-60(47)75-63)71(18,19)32-28-67(49,10)11)54-38-50-52(70(16,17)31-29-68(50,12)13)40-57(54)73(58)55-26-25-44(64(2,3)4)34-46(55)43-23-21-20-22-24-43/h20-26,33-41H,27-32H2,1-19H3. The van der Waals surface area contributed by atoms with E-state index in [1.807, 2.05) is 0 Å². The number of hydrogen-bond acceptors (Lipinski definition) is 3. The second kappa shape index (κ2) is 16.0. The predicted molar refractivity (Wildman–Crippen MR) is 329 cm³/mol. The average molecular weight is 1010 g/mol. The first-order valence-electron chi connectivity index (χ1n) is 28.8. The van der Waals surface area contributed by atoms with Crippen molar-refractivity contribution in [2.24, 2.45) is 0 Å². The van der Waals surface area contributed by atoms with Crippen LogP contribution < -0.4 is 25.5 Å². The molecule has 0 atom stereocenters. The topological polar surface area (TPSA) is 6.48 Å². The van der Waals surface area contributed by atoms with Crippen LogP contribution in [0.15, 0.2) is 97.1 Å². The molecule has 0 radical (unpaired) electrons. The van der Waals surface area contributed by atoms with E-state index in [-0.39, 0.29) is 50.0 Å². The summed E-state index contributed by atoms with van der Waals surface area (Å²) in [4.78, 5) is 5.59. The summed E-state index contributed by atoms with van der Waals surface area (Å²) in [6.45, 7) is 46.9. The minimum absolute atomic E-state index is 0.0226. The van der Waals surface area contributed by atoms with Crippen LogP contribution in [0, 0.1) is 6.92 Å². The van der Waals surface area contributed by atoms with Gasteiger partial charge in [0.25, 0.3) is 6.71 Å². The van der Waals surface area contributed by atoms with E-state index in [4.69, 9.17) is 0 Å². The van der Waals surface area contributed by atoms with E-state index in [9.17, 15) is 0 Å². The van der Waals surface area contributed by atoms with Gasteiger partial charge < -0.3 is 9.80 Å². The lowest BCUT2D eigenvalue weighted by molar-refractivity contribution is 0.332. The molecule has 0 unspecified atom stereocenters. The van der Waals surface area contributed by atoms with Crippen molar-refractivity contribution in [2.75, 3.05) is 9.80 Å². The van der Waals surface area contributed by atoms with E-state index in [1.54, 1.807) is 5.56 Å². The molecule has 75 heavy (non-hydrogen) atoms. The van der Waals surface area contributed by atoms with Gasteiger partial charge in [-0.3, -0.25) is 0 Å². The van der Waals surface area contributed by atoms with Gasteiger partial charge in [0.1, 0.15) is 0 Å². The molecule has 0 spiro atoms. The van der Waals surface area contributed by atoms with Gasteiger partial charge in [-0.05, 0) is 204 Å². The maximum absolute atomic E-state index is 2.83. The molecular weight excluding hydrogens is 924 g/mol. The molecule has 3 heterocycles. The fraction of sp³-hybridized carbons (Fsp3) is 0.465. The van der Waals surface area contributed by atoms with E-state index in [2.05, 4.69) is 250 Å². The molecule has 0 fully saturated rings. The van der Waals surface area contributed by atoms with Crippen molar-refractivity contribution >= 4 is 78.0 Å². The zero-order valence-corrected chi connectivity index (χ0v) is 50.2. The Balaban J connectivity index is 1.28. The van der Waals surface area contributed by atoms with Crippen molar-refractivity contribution in [1.29, 1.82) is 0 Å². The summed E-state index contributed by atoms with van der Waals surface area (Å²) in [6.07, 6.45) is 7.11. The first kappa shape index (κ1) is 50.7. The molecule has 2 nitrogen and oxygen atoms in total. The normalized spacial score (nSPS) is 20.2. The number of anilines is 6. The highest BCUT2D eigenvalue weighted by Gasteiger charge is 2.50. The van der Waals surface area contributed by atoms with Crippen LogP contribution in [0.5, 0.6) is 0 Å². The first-order valence-corrected chi connectivity index (χ1v) is 29.6. The van der Waals surface area contributed by atoms with Crippen LogP contribution in [0.25, 0.3) is 21.2 Å². The third-order valence-electron chi connectivity index (χ3n) is 20.1. The van der Waals surface area contributed by atoms with Crippen LogP contribution in [0.4, 0.5) is 34.1 Å². The van der Waals surface area contributed by atoms with Crippen molar-refractivity contribution in [3.63, 3.8) is 0 Å². The third kappa shape index (κ3) is 7.65. The van der Waals surface area contributed by atoms with Gasteiger partial charge in [0.2, 0.25) is 0 Å². The largest absolute Gasteiger partial charge is 0.311 e. The number of hydrogen-bond donors (Lipinski definition) is 0. The lowest BCUT2D eigenvalue weighted by Gasteiger charge is -2.48. The molecule has 0 saturated heterocycles. The molecule has 0 bridgehead atoms. The van der Waals surface area contributed by atoms with Gasteiger partial charge in [-0.1, -0.05) is 173 Å². The van der Waals surface area contributed by atoms with Crippen LogP contribution in [0.3, 0.4) is 0 Å². The van der Waals surface area contributed by atoms with Gasteiger partial charge in [-0.15, -0.1) is 11.3 Å².